The minimum Gasteiger partial charge on any atom is -0.469 e. The van der Waals surface area contributed by atoms with Crippen LogP contribution in [0.4, 0.5) is 0 Å². The average Bonchev–Trinajstić information content (AvgIpc) is 2.95. The summed E-state index contributed by atoms with van der Waals surface area (Å²) in [6.45, 7) is 1.78. The fourth-order valence-electron chi connectivity index (χ4n) is 4.25. The first kappa shape index (κ1) is 41.9. The van der Waals surface area contributed by atoms with E-state index in [0.717, 1.165) is 25.7 Å². The number of hydrogen-bond acceptors (Lipinski definition) is 9. The van der Waals surface area contributed by atoms with E-state index in [1.807, 2.05) is 21.1 Å². The molecular formula is C31H63NO10P+. The van der Waals surface area contributed by atoms with Gasteiger partial charge in [0.15, 0.2) is 0 Å². The number of phosphoric acid groups is 1. The monoisotopic (exact) mass is 640 g/mol. The Bertz CT molecular complexity index is 732. The average molecular weight is 641 g/mol. The van der Waals surface area contributed by atoms with Crippen molar-refractivity contribution in [1.82, 2.24) is 0 Å². The van der Waals surface area contributed by atoms with Crippen molar-refractivity contribution < 1.29 is 51.5 Å². The van der Waals surface area contributed by atoms with Crippen LogP contribution in [0.15, 0.2) is 0 Å². The summed E-state index contributed by atoms with van der Waals surface area (Å²) in [5, 5.41) is 0. The second-order valence-corrected chi connectivity index (χ2v) is 13.6. The molecule has 0 aliphatic carbocycles. The molecule has 0 bridgehead atoms. The SMILES string of the molecule is COC(=O)CCCCCCCCCCCCCCCOC[C@H](COP(=O)(O)OCC[N+](C)(C)C)OCCCCC(=O)OC. The van der Waals surface area contributed by atoms with E-state index in [9.17, 15) is 19.0 Å². The van der Waals surface area contributed by atoms with Crippen LogP contribution in [0.5, 0.6) is 0 Å². The molecule has 0 amide bonds. The number of hydrogen-bond donors (Lipinski definition) is 1. The zero-order valence-corrected chi connectivity index (χ0v) is 28.8. The van der Waals surface area contributed by atoms with E-state index in [0.29, 0.717) is 49.9 Å². The number of rotatable bonds is 31. The molecule has 0 saturated carbocycles. The van der Waals surface area contributed by atoms with Crippen molar-refractivity contribution in [2.75, 3.05) is 74.9 Å². The summed E-state index contributed by atoms with van der Waals surface area (Å²) in [5.41, 5.74) is 0. The first-order valence-electron chi connectivity index (χ1n) is 16.2. The molecule has 0 fully saturated rings. The second-order valence-electron chi connectivity index (χ2n) is 12.1. The van der Waals surface area contributed by atoms with Crippen molar-refractivity contribution in [3.05, 3.63) is 0 Å². The minimum atomic E-state index is -4.20. The Hall–Kier alpha value is -1.07. The van der Waals surface area contributed by atoms with Crippen molar-refractivity contribution in [1.29, 1.82) is 0 Å². The van der Waals surface area contributed by atoms with E-state index >= 15 is 0 Å². The van der Waals surface area contributed by atoms with Gasteiger partial charge in [-0.2, -0.15) is 0 Å². The van der Waals surface area contributed by atoms with E-state index in [-0.39, 0.29) is 31.8 Å². The number of carbonyl (C=O) groups is 2. The Morgan fingerprint density at radius 2 is 1.07 bits per heavy atom. The lowest BCUT2D eigenvalue weighted by molar-refractivity contribution is -0.870. The molecule has 0 heterocycles. The van der Waals surface area contributed by atoms with Crippen LogP contribution >= 0.6 is 7.82 Å². The van der Waals surface area contributed by atoms with Gasteiger partial charge in [0.1, 0.15) is 19.3 Å². The van der Waals surface area contributed by atoms with Gasteiger partial charge in [0, 0.05) is 26.1 Å². The summed E-state index contributed by atoms with van der Waals surface area (Å²) in [6, 6.07) is 0. The van der Waals surface area contributed by atoms with Crippen LogP contribution in [-0.2, 0) is 42.1 Å². The predicted molar refractivity (Wildman–Crippen MR) is 168 cm³/mol. The number of carbonyl (C=O) groups excluding carboxylic acids is 2. The number of phosphoric ester groups is 1. The normalized spacial score (nSPS) is 13.9. The highest BCUT2D eigenvalue weighted by Gasteiger charge is 2.25. The summed E-state index contributed by atoms with van der Waals surface area (Å²) < 4.78 is 44.1. The fraction of sp³-hybridized carbons (Fsp3) is 0.935. The van der Waals surface area contributed by atoms with Crippen LogP contribution < -0.4 is 0 Å². The number of nitrogens with zero attached hydrogens (tertiary/aromatic N) is 1. The lowest BCUT2D eigenvalue weighted by atomic mass is 10.0. The third kappa shape index (κ3) is 30.7. The van der Waals surface area contributed by atoms with Gasteiger partial charge in [-0.05, 0) is 25.7 Å². The lowest BCUT2D eigenvalue weighted by Gasteiger charge is -2.24. The Kier molecular flexibility index (Phi) is 26.6. The van der Waals surface area contributed by atoms with Gasteiger partial charge in [0.05, 0.1) is 48.6 Å². The molecule has 12 heteroatoms. The molecule has 0 aromatic carbocycles. The molecule has 1 N–H and O–H groups in total. The van der Waals surface area contributed by atoms with Crippen molar-refractivity contribution in [2.45, 2.75) is 115 Å². The number of methoxy groups -OCH3 is 2. The van der Waals surface area contributed by atoms with Crippen molar-refractivity contribution in [3.8, 4) is 0 Å². The first-order chi connectivity index (χ1) is 20.5. The van der Waals surface area contributed by atoms with Gasteiger partial charge in [-0.15, -0.1) is 0 Å². The molecule has 43 heavy (non-hydrogen) atoms. The minimum absolute atomic E-state index is 0.105. The van der Waals surface area contributed by atoms with Gasteiger partial charge in [-0.3, -0.25) is 18.6 Å². The van der Waals surface area contributed by atoms with Gasteiger partial charge in [0.25, 0.3) is 0 Å². The third-order valence-corrected chi connectivity index (χ3v) is 7.98. The first-order valence-corrected chi connectivity index (χ1v) is 17.7. The summed E-state index contributed by atoms with van der Waals surface area (Å²) in [5.74, 6) is -0.365. The molecule has 0 spiro atoms. The van der Waals surface area contributed by atoms with Crippen molar-refractivity contribution in [2.24, 2.45) is 0 Å². The zero-order valence-electron chi connectivity index (χ0n) is 27.9. The third-order valence-electron chi connectivity index (χ3n) is 7.00. The topological polar surface area (TPSA) is 127 Å². The second kappa shape index (κ2) is 27.3. The molecular weight excluding hydrogens is 577 g/mol. The largest absolute Gasteiger partial charge is 0.472 e. The molecule has 0 radical (unpaired) electrons. The van der Waals surface area contributed by atoms with Crippen LogP contribution in [0.3, 0.4) is 0 Å². The predicted octanol–water partition coefficient (Wildman–Crippen LogP) is 6.21. The molecule has 0 aliphatic rings. The summed E-state index contributed by atoms with van der Waals surface area (Å²) in [4.78, 5) is 32.4. The van der Waals surface area contributed by atoms with Crippen LogP contribution in [0.25, 0.3) is 0 Å². The van der Waals surface area contributed by atoms with Gasteiger partial charge >= 0.3 is 19.8 Å². The van der Waals surface area contributed by atoms with E-state index in [4.69, 9.17) is 18.5 Å². The number of esters is 2. The Morgan fingerprint density at radius 1 is 0.628 bits per heavy atom. The maximum absolute atomic E-state index is 12.3. The van der Waals surface area contributed by atoms with Gasteiger partial charge in [-0.1, -0.05) is 70.6 Å². The molecule has 0 aromatic rings. The molecule has 0 aliphatic heterocycles. The van der Waals surface area contributed by atoms with Crippen LogP contribution in [0.1, 0.15) is 109 Å². The van der Waals surface area contributed by atoms with Gasteiger partial charge < -0.3 is 28.3 Å². The Morgan fingerprint density at radius 3 is 1.56 bits per heavy atom. The standard InChI is InChI=1S/C31H62NO10P/c1-32(2,3)23-26-41-43(35,36)42-28-29(40-25-20-18-22-31(34)38-5)27-39-24-19-16-14-12-10-8-6-7-9-11-13-15-17-21-30(33)37-4/h29H,6-28H2,1-5H3/p+1/t29-/m1/s1. The van der Waals surface area contributed by atoms with Crippen LogP contribution in [0.2, 0.25) is 0 Å². The smallest absolute Gasteiger partial charge is 0.469 e. The maximum atomic E-state index is 12.3. The quantitative estimate of drug-likeness (QED) is 0.0405. The highest BCUT2D eigenvalue weighted by Crippen LogP contribution is 2.43. The van der Waals surface area contributed by atoms with Crippen molar-refractivity contribution in [3.63, 3.8) is 0 Å². The molecule has 0 aromatic heterocycles. The number of unbranched alkanes of at least 4 members (excludes halogenated alkanes) is 13. The highest BCUT2D eigenvalue weighted by molar-refractivity contribution is 7.47. The summed E-state index contributed by atoms with van der Waals surface area (Å²) >= 11 is 0. The zero-order chi connectivity index (χ0) is 32.2. The molecule has 256 valence electrons. The Balaban J connectivity index is 4.00. The van der Waals surface area contributed by atoms with E-state index in [1.165, 1.54) is 72.0 Å². The molecule has 0 saturated heterocycles. The van der Waals surface area contributed by atoms with Crippen molar-refractivity contribution >= 4 is 19.8 Å². The van der Waals surface area contributed by atoms with Crippen LogP contribution in [0, 0.1) is 0 Å². The maximum Gasteiger partial charge on any atom is 0.472 e. The van der Waals surface area contributed by atoms with E-state index in [2.05, 4.69) is 9.47 Å². The van der Waals surface area contributed by atoms with E-state index < -0.39 is 13.9 Å². The Labute approximate surface area is 261 Å². The number of quaternary nitrogens is 1. The molecule has 2 atom stereocenters. The lowest BCUT2D eigenvalue weighted by Crippen LogP contribution is -2.37. The number of ether oxygens (including phenoxy) is 4. The molecule has 11 nitrogen and oxygen atoms in total. The molecule has 0 rings (SSSR count). The summed E-state index contributed by atoms with van der Waals surface area (Å²) in [6.07, 6.45) is 17.0. The van der Waals surface area contributed by atoms with Crippen LogP contribution in [-0.4, -0.2) is 102 Å². The fourth-order valence-corrected chi connectivity index (χ4v) is 4.99. The summed E-state index contributed by atoms with van der Waals surface area (Å²) in [7, 11) is 4.52. The van der Waals surface area contributed by atoms with E-state index in [1.54, 1.807) is 0 Å². The molecule has 1 unspecified atom stereocenters. The number of likely N-dealkylation sites (N-methyl/N-ethyl adjacent to an activating group) is 1. The van der Waals surface area contributed by atoms with Gasteiger partial charge in [-0.25, -0.2) is 4.57 Å². The highest BCUT2D eigenvalue weighted by atomic mass is 31.2. The van der Waals surface area contributed by atoms with Gasteiger partial charge in [0.2, 0.25) is 0 Å².